The average molecular weight is 242 g/mol. The molecule has 1 aromatic carbocycles. The Bertz CT molecular complexity index is 440. The predicted octanol–water partition coefficient (Wildman–Crippen LogP) is 3.78. The highest BCUT2D eigenvalue weighted by Crippen LogP contribution is 2.29. The predicted molar refractivity (Wildman–Crippen MR) is 59.6 cm³/mol. The van der Waals surface area contributed by atoms with Crippen LogP contribution in [0.5, 0.6) is 0 Å². The quantitative estimate of drug-likeness (QED) is 0.737. The summed E-state index contributed by atoms with van der Waals surface area (Å²) < 4.78 is 37.3. The maximum Gasteiger partial charge on any atom is 0.416 e. The van der Waals surface area contributed by atoms with Gasteiger partial charge in [0.15, 0.2) is 5.78 Å². The molecule has 0 aliphatic carbocycles. The first-order chi connectivity index (χ1) is 7.79. The van der Waals surface area contributed by atoms with E-state index in [9.17, 15) is 18.0 Å². The van der Waals surface area contributed by atoms with Gasteiger partial charge in [-0.15, -0.1) is 0 Å². The van der Waals surface area contributed by atoms with Crippen LogP contribution < -0.4 is 0 Å². The van der Waals surface area contributed by atoms with Crippen molar-refractivity contribution >= 4 is 5.78 Å². The van der Waals surface area contributed by atoms with E-state index in [-0.39, 0.29) is 12.2 Å². The minimum atomic E-state index is -4.37. The van der Waals surface area contributed by atoms with E-state index in [0.717, 1.165) is 17.7 Å². The fourth-order valence-corrected chi connectivity index (χ4v) is 1.43. The van der Waals surface area contributed by atoms with Gasteiger partial charge < -0.3 is 0 Å². The zero-order chi connectivity index (χ0) is 13.1. The molecule has 0 unspecified atom stereocenters. The summed E-state index contributed by atoms with van der Waals surface area (Å²) in [6.07, 6.45) is -2.94. The number of alkyl halides is 3. The number of carbonyl (C=O) groups excluding carboxylic acids is 1. The summed E-state index contributed by atoms with van der Waals surface area (Å²) >= 11 is 0. The molecule has 0 saturated carbocycles. The highest BCUT2D eigenvalue weighted by Gasteiger charge is 2.30. The molecule has 0 aromatic heterocycles. The molecule has 4 heteroatoms. The van der Waals surface area contributed by atoms with Crippen molar-refractivity contribution in [3.05, 3.63) is 47.0 Å². The number of benzene rings is 1. The van der Waals surface area contributed by atoms with E-state index in [2.05, 4.69) is 0 Å². The van der Waals surface area contributed by atoms with E-state index in [4.69, 9.17) is 0 Å². The number of ketones is 1. The van der Waals surface area contributed by atoms with Crippen LogP contribution in [0, 0.1) is 0 Å². The Morgan fingerprint density at radius 1 is 1.29 bits per heavy atom. The van der Waals surface area contributed by atoms with Gasteiger partial charge in [-0.05, 0) is 31.6 Å². The molecule has 1 aromatic rings. The number of halogens is 3. The number of allylic oxidation sites excluding steroid dienone is 2. The second-order valence-electron chi connectivity index (χ2n) is 4.06. The maximum atomic E-state index is 12.4. The Kier molecular flexibility index (Phi) is 4.10. The summed E-state index contributed by atoms with van der Waals surface area (Å²) in [5.41, 5.74) is 0.490. The molecule has 0 aliphatic heterocycles. The lowest BCUT2D eigenvalue weighted by atomic mass is 10.0. The molecule has 0 aliphatic rings. The molecule has 0 atom stereocenters. The van der Waals surface area contributed by atoms with Crippen LogP contribution in [0.3, 0.4) is 0 Å². The van der Waals surface area contributed by atoms with E-state index in [1.807, 2.05) is 0 Å². The lowest BCUT2D eigenvalue weighted by Crippen LogP contribution is -2.06. The monoisotopic (exact) mass is 242 g/mol. The Morgan fingerprint density at radius 3 is 2.47 bits per heavy atom. The fourth-order valence-electron chi connectivity index (χ4n) is 1.43. The molecule has 1 rings (SSSR count). The lowest BCUT2D eigenvalue weighted by molar-refractivity contribution is -0.137. The molecule has 92 valence electrons. The van der Waals surface area contributed by atoms with Gasteiger partial charge >= 0.3 is 6.18 Å². The summed E-state index contributed by atoms with van der Waals surface area (Å²) in [5, 5.41) is 0. The largest absolute Gasteiger partial charge is 0.416 e. The fraction of sp³-hybridized carbons (Fsp3) is 0.308. The minimum Gasteiger partial charge on any atom is -0.294 e. The van der Waals surface area contributed by atoms with Crippen molar-refractivity contribution in [1.29, 1.82) is 0 Å². The number of hydrogen-bond donors (Lipinski definition) is 0. The summed E-state index contributed by atoms with van der Waals surface area (Å²) in [6, 6.07) is 4.84. The van der Waals surface area contributed by atoms with Gasteiger partial charge in [0, 0.05) is 6.42 Å². The Balaban J connectivity index is 2.87. The molecule has 0 radical (unpaired) electrons. The molecule has 17 heavy (non-hydrogen) atoms. The number of carbonyl (C=O) groups is 1. The van der Waals surface area contributed by atoms with Crippen molar-refractivity contribution in [1.82, 2.24) is 0 Å². The third kappa shape index (κ3) is 4.43. The summed E-state index contributed by atoms with van der Waals surface area (Å²) in [5.74, 6) is -0.190. The Morgan fingerprint density at radius 2 is 1.94 bits per heavy atom. The molecule has 0 fully saturated rings. The van der Waals surface area contributed by atoms with E-state index in [0.29, 0.717) is 5.56 Å². The molecule has 0 heterocycles. The first-order valence-electron chi connectivity index (χ1n) is 5.13. The first-order valence-corrected chi connectivity index (χ1v) is 5.13. The van der Waals surface area contributed by atoms with E-state index in [1.165, 1.54) is 18.2 Å². The highest BCUT2D eigenvalue weighted by atomic mass is 19.4. The van der Waals surface area contributed by atoms with Crippen LogP contribution in [0.15, 0.2) is 35.9 Å². The smallest absolute Gasteiger partial charge is 0.294 e. The van der Waals surface area contributed by atoms with Gasteiger partial charge in [-0.1, -0.05) is 23.8 Å². The van der Waals surface area contributed by atoms with Crippen molar-refractivity contribution in [2.24, 2.45) is 0 Å². The van der Waals surface area contributed by atoms with Gasteiger partial charge in [-0.3, -0.25) is 4.79 Å². The lowest BCUT2D eigenvalue weighted by Gasteiger charge is -2.07. The van der Waals surface area contributed by atoms with Gasteiger partial charge in [-0.25, -0.2) is 0 Å². The van der Waals surface area contributed by atoms with Gasteiger partial charge in [0.1, 0.15) is 0 Å². The summed E-state index contributed by atoms with van der Waals surface area (Å²) in [7, 11) is 0. The van der Waals surface area contributed by atoms with Crippen LogP contribution in [-0.4, -0.2) is 5.78 Å². The second-order valence-corrected chi connectivity index (χ2v) is 4.06. The molecule has 1 nitrogen and oxygen atoms in total. The van der Waals surface area contributed by atoms with Crippen molar-refractivity contribution in [2.75, 3.05) is 0 Å². The van der Waals surface area contributed by atoms with E-state index in [1.54, 1.807) is 13.8 Å². The van der Waals surface area contributed by atoms with Gasteiger partial charge in [0.05, 0.1) is 5.56 Å². The molecule has 0 spiro atoms. The standard InChI is InChI=1S/C13H13F3O/c1-9(2)6-12(17)8-10-4-3-5-11(7-10)13(14,15)16/h3-7H,8H2,1-2H3. The van der Waals surface area contributed by atoms with Crippen LogP contribution in [0.25, 0.3) is 0 Å². The van der Waals surface area contributed by atoms with Crippen LogP contribution in [0.1, 0.15) is 25.0 Å². The molecule has 0 amide bonds. The molecule has 0 N–H and O–H groups in total. The zero-order valence-electron chi connectivity index (χ0n) is 9.64. The molecule has 0 bridgehead atoms. The van der Waals surface area contributed by atoms with Gasteiger partial charge in [-0.2, -0.15) is 13.2 Å². The van der Waals surface area contributed by atoms with Gasteiger partial charge in [0.25, 0.3) is 0 Å². The molecular formula is C13H13F3O. The third-order valence-electron chi connectivity index (χ3n) is 2.08. The SMILES string of the molecule is CC(C)=CC(=O)Cc1cccc(C(F)(F)F)c1. The Labute approximate surface area is 98.0 Å². The van der Waals surface area contributed by atoms with E-state index < -0.39 is 11.7 Å². The van der Waals surface area contributed by atoms with Crippen molar-refractivity contribution in [3.63, 3.8) is 0 Å². The van der Waals surface area contributed by atoms with Crippen LogP contribution in [-0.2, 0) is 17.4 Å². The van der Waals surface area contributed by atoms with Crippen LogP contribution in [0.4, 0.5) is 13.2 Å². The number of rotatable bonds is 3. The van der Waals surface area contributed by atoms with Crippen LogP contribution >= 0.6 is 0 Å². The molecule has 0 saturated heterocycles. The zero-order valence-corrected chi connectivity index (χ0v) is 9.64. The molecular weight excluding hydrogens is 229 g/mol. The van der Waals surface area contributed by atoms with Crippen LogP contribution in [0.2, 0.25) is 0 Å². The summed E-state index contributed by atoms with van der Waals surface area (Å²) in [6.45, 7) is 3.54. The van der Waals surface area contributed by atoms with Crippen molar-refractivity contribution < 1.29 is 18.0 Å². The second kappa shape index (κ2) is 5.17. The minimum absolute atomic E-state index is 0.00486. The first kappa shape index (κ1) is 13.5. The maximum absolute atomic E-state index is 12.4. The average Bonchev–Trinajstić information content (AvgIpc) is 2.15. The summed E-state index contributed by atoms with van der Waals surface area (Å²) in [4.78, 5) is 11.4. The van der Waals surface area contributed by atoms with Crippen molar-refractivity contribution in [2.45, 2.75) is 26.4 Å². The van der Waals surface area contributed by atoms with Crippen molar-refractivity contribution in [3.8, 4) is 0 Å². The van der Waals surface area contributed by atoms with Gasteiger partial charge in [0.2, 0.25) is 0 Å². The third-order valence-corrected chi connectivity index (χ3v) is 2.08. The normalized spacial score (nSPS) is 11.1. The highest BCUT2D eigenvalue weighted by molar-refractivity contribution is 5.91. The Hall–Kier alpha value is -1.58. The topological polar surface area (TPSA) is 17.1 Å². The van der Waals surface area contributed by atoms with E-state index >= 15 is 0 Å². The number of hydrogen-bond acceptors (Lipinski definition) is 1.